The number of benzene rings is 3. The van der Waals surface area contributed by atoms with Crippen LogP contribution in [-0.2, 0) is 13.2 Å². The van der Waals surface area contributed by atoms with Crippen LogP contribution in [0.3, 0.4) is 0 Å². The smallest absolute Gasteiger partial charge is 0.161 e. The molecule has 0 aliphatic heterocycles. The summed E-state index contributed by atoms with van der Waals surface area (Å²) in [5.74, 6) is 1.35. The number of hydrogen-bond donors (Lipinski definition) is 0. The molecule has 0 atom stereocenters. The number of nitrogens with zero attached hydrogens (tertiary/aromatic N) is 5. The predicted octanol–water partition coefficient (Wildman–Crippen LogP) is 4.21. The molecule has 0 saturated carbocycles. The van der Waals surface area contributed by atoms with Crippen molar-refractivity contribution in [1.82, 2.24) is 14.9 Å². The summed E-state index contributed by atoms with van der Waals surface area (Å²) in [5.41, 5.74) is 3.62. The zero-order valence-corrected chi connectivity index (χ0v) is 17.0. The van der Waals surface area contributed by atoms with Gasteiger partial charge in [-0.25, -0.2) is 4.68 Å². The molecule has 0 unspecified atom stereocenters. The fourth-order valence-electron chi connectivity index (χ4n) is 3.17. The molecule has 4 rings (SSSR count). The summed E-state index contributed by atoms with van der Waals surface area (Å²) >= 11 is 0. The van der Waals surface area contributed by atoms with E-state index in [-0.39, 0.29) is 0 Å². The molecule has 0 N–H and O–H groups in total. The fourth-order valence-corrected chi connectivity index (χ4v) is 3.17. The normalized spacial score (nSPS) is 10.3. The molecule has 1 heterocycles. The van der Waals surface area contributed by atoms with Gasteiger partial charge in [0, 0.05) is 0 Å². The van der Waals surface area contributed by atoms with Crippen LogP contribution in [-0.4, -0.2) is 22.0 Å². The van der Waals surface area contributed by atoms with Crippen LogP contribution in [0.4, 0.5) is 5.69 Å². The molecule has 1 aromatic heterocycles. The van der Waals surface area contributed by atoms with E-state index in [4.69, 9.17) is 14.7 Å². The van der Waals surface area contributed by atoms with Crippen LogP contribution in [0.1, 0.15) is 16.7 Å². The van der Waals surface area contributed by atoms with Crippen LogP contribution < -0.4 is 14.5 Å². The lowest BCUT2D eigenvalue weighted by atomic mass is 10.1. The number of aromatic nitrogens is 3. The van der Waals surface area contributed by atoms with Crippen molar-refractivity contribution in [2.75, 3.05) is 12.1 Å². The number of methoxy groups -OCH3 is 1. The Morgan fingerprint density at radius 2 is 1.65 bits per heavy atom. The Labute approximate surface area is 180 Å². The number of nitriles is 1. The largest absolute Gasteiger partial charge is 0.493 e. The molecule has 0 bridgehead atoms. The van der Waals surface area contributed by atoms with Gasteiger partial charge in [-0.15, -0.1) is 10.2 Å². The van der Waals surface area contributed by atoms with Crippen molar-refractivity contribution in [2.24, 2.45) is 0 Å². The maximum Gasteiger partial charge on any atom is 0.161 e. The lowest BCUT2D eigenvalue weighted by Crippen LogP contribution is -2.27. The van der Waals surface area contributed by atoms with E-state index in [2.05, 4.69) is 16.3 Å². The van der Waals surface area contributed by atoms with E-state index in [1.807, 2.05) is 65.7 Å². The summed E-state index contributed by atoms with van der Waals surface area (Å²) in [6, 6.07) is 25.4. The summed E-state index contributed by atoms with van der Waals surface area (Å²) in [5, 5.41) is 18.9. The minimum Gasteiger partial charge on any atom is -0.493 e. The summed E-state index contributed by atoms with van der Waals surface area (Å²) in [6.07, 6.45) is 3.26. The molecule has 0 saturated heterocycles. The Morgan fingerprint density at radius 3 is 2.32 bits per heavy atom. The molecule has 0 fully saturated rings. The van der Waals surface area contributed by atoms with E-state index >= 15 is 0 Å². The first-order valence-corrected chi connectivity index (χ1v) is 9.73. The van der Waals surface area contributed by atoms with Crippen molar-refractivity contribution < 1.29 is 9.47 Å². The Morgan fingerprint density at radius 1 is 0.903 bits per heavy atom. The highest BCUT2D eigenvalue weighted by Gasteiger charge is 2.13. The fraction of sp³-hybridized carbons (Fsp3) is 0.125. The molecule has 31 heavy (non-hydrogen) atoms. The Bertz CT molecular complexity index is 1150. The lowest BCUT2D eigenvalue weighted by molar-refractivity contribution is 0.284. The maximum absolute atomic E-state index is 9.07. The van der Waals surface area contributed by atoms with Gasteiger partial charge in [-0.2, -0.15) is 5.26 Å². The van der Waals surface area contributed by atoms with Crippen molar-refractivity contribution in [1.29, 1.82) is 5.26 Å². The van der Waals surface area contributed by atoms with Gasteiger partial charge >= 0.3 is 0 Å². The average Bonchev–Trinajstić information content (AvgIpc) is 3.37. The molecular formula is C24H21N5O2. The van der Waals surface area contributed by atoms with Gasteiger partial charge in [-0.05, 0) is 47.5 Å². The summed E-state index contributed by atoms with van der Waals surface area (Å²) in [4.78, 5) is 0. The van der Waals surface area contributed by atoms with E-state index in [9.17, 15) is 0 Å². The Balaban J connectivity index is 1.56. The highest BCUT2D eigenvalue weighted by atomic mass is 16.5. The Hall–Kier alpha value is -4.31. The van der Waals surface area contributed by atoms with Gasteiger partial charge in [0.2, 0.25) is 0 Å². The molecule has 154 valence electrons. The summed E-state index contributed by atoms with van der Waals surface area (Å²) in [6.45, 7) is 1.01. The minimum absolute atomic E-state index is 0.467. The lowest BCUT2D eigenvalue weighted by Gasteiger charge is -2.25. The van der Waals surface area contributed by atoms with Crippen molar-refractivity contribution in [3.05, 3.63) is 102 Å². The standard InChI is InChI=1S/C24H21N5O2/c1-30-24-13-21(9-12-23(24)31-16-20-5-3-2-4-6-20)15-29(28-17-26-27-18-28)22-10-7-19(14-25)8-11-22/h2-13,17-18H,15-16H2,1H3. The molecular weight excluding hydrogens is 390 g/mol. The monoisotopic (exact) mass is 411 g/mol. The molecule has 4 aromatic rings. The maximum atomic E-state index is 9.07. The average molecular weight is 411 g/mol. The van der Waals surface area contributed by atoms with Crippen LogP contribution in [0, 0.1) is 11.3 Å². The third-order valence-corrected chi connectivity index (χ3v) is 4.78. The first-order chi connectivity index (χ1) is 15.3. The second-order valence-corrected chi connectivity index (χ2v) is 6.82. The van der Waals surface area contributed by atoms with Gasteiger partial charge < -0.3 is 9.47 Å². The van der Waals surface area contributed by atoms with Gasteiger partial charge in [0.25, 0.3) is 0 Å². The van der Waals surface area contributed by atoms with Crippen molar-refractivity contribution >= 4 is 5.69 Å². The molecule has 7 heteroatoms. The van der Waals surface area contributed by atoms with Crippen LogP contribution >= 0.6 is 0 Å². The molecule has 0 amide bonds. The summed E-state index contributed by atoms with van der Waals surface area (Å²) in [7, 11) is 1.63. The van der Waals surface area contributed by atoms with E-state index in [0.29, 0.717) is 30.2 Å². The number of rotatable bonds is 8. The molecule has 7 nitrogen and oxygen atoms in total. The van der Waals surface area contributed by atoms with Crippen LogP contribution in [0.25, 0.3) is 0 Å². The Kier molecular flexibility index (Phi) is 6.10. The van der Waals surface area contributed by atoms with Gasteiger partial charge in [0.05, 0.1) is 31.0 Å². The SMILES string of the molecule is COc1cc(CN(c2ccc(C#N)cc2)n2cnnc2)ccc1OCc1ccccc1. The first-order valence-electron chi connectivity index (χ1n) is 9.73. The van der Waals surface area contributed by atoms with Gasteiger partial charge in [-0.1, -0.05) is 36.4 Å². The predicted molar refractivity (Wildman–Crippen MR) is 117 cm³/mol. The minimum atomic E-state index is 0.467. The third-order valence-electron chi connectivity index (χ3n) is 4.78. The van der Waals surface area contributed by atoms with Gasteiger partial charge in [-0.3, -0.25) is 5.01 Å². The van der Waals surface area contributed by atoms with Gasteiger partial charge in [0.15, 0.2) is 11.5 Å². The number of anilines is 1. The van der Waals surface area contributed by atoms with Crippen LogP contribution in [0.15, 0.2) is 85.5 Å². The van der Waals surface area contributed by atoms with E-state index in [1.165, 1.54) is 0 Å². The van der Waals surface area contributed by atoms with Gasteiger partial charge in [0.1, 0.15) is 19.3 Å². The first kappa shape index (κ1) is 20.0. The van der Waals surface area contributed by atoms with Crippen molar-refractivity contribution in [3.63, 3.8) is 0 Å². The molecule has 0 radical (unpaired) electrons. The molecule has 0 spiro atoms. The van der Waals surface area contributed by atoms with Crippen molar-refractivity contribution in [2.45, 2.75) is 13.2 Å². The zero-order valence-electron chi connectivity index (χ0n) is 17.0. The second kappa shape index (κ2) is 9.46. The number of ether oxygens (including phenoxy) is 2. The molecule has 3 aromatic carbocycles. The second-order valence-electron chi connectivity index (χ2n) is 6.82. The zero-order chi connectivity index (χ0) is 21.5. The van der Waals surface area contributed by atoms with Crippen LogP contribution in [0.2, 0.25) is 0 Å². The molecule has 0 aliphatic rings. The topological polar surface area (TPSA) is 76.2 Å². The van der Waals surface area contributed by atoms with Crippen molar-refractivity contribution in [3.8, 4) is 17.6 Å². The van der Waals surface area contributed by atoms with E-state index in [0.717, 1.165) is 16.8 Å². The summed E-state index contributed by atoms with van der Waals surface area (Å²) < 4.78 is 13.3. The molecule has 0 aliphatic carbocycles. The van der Waals surface area contributed by atoms with Crippen LogP contribution in [0.5, 0.6) is 11.5 Å². The van der Waals surface area contributed by atoms with E-state index in [1.54, 1.807) is 36.6 Å². The quantitative estimate of drug-likeness (QED) is 0.432. The number of hydrogen-bond acceptors (Lipinski definition) is 6. The highest BCUT2D eigenvalue weighted by molar-refractivity contribution is 5.51. The highest BCUT2D eigenvalue weighted by Crippen LogP contribution is 2.30. The third kappa shape index (κ3) is 4.82. The van der Waals surface area contributed by atoms with E-state index < -0.39 is 0 Å².